The molecule has 2 N–H and O–H groups in total. The minimum absolute atomic E-state index is 0. The molecule has 88 valence electrons. The topological polar surface area (TPSA) is 88.2 Å². The first kappa shape index (κ1) is 11.3. The molecule has 0 radical (unpaired) electrons. The van der Waals surface area contributed by atoms with E-state index in [4.69, 9.17) is 9.63 Å². The zero-order valence-corrected chi connectivity index (χ0v) is 9.24. The summed E-state index contributed by atoms with van der Waals surface area (Å²) < 4.78 is 4.95. The molecule has 2 heterocycles. The van der Waals surface area contributed by atoms with Gasteiger partial charge in [0.2, 0.25) is 5.89 Å². The monoisotopic (exact) mass is 245 g/mol. The van der Waals surface area contributed by atoms with Gasteiger partial charge in [0, 0.05) is 12.5 Å². The largest absolute Gasteiger partial charge is 0.480 e. The van der Waals surface area contributed by atoms with Crippen molar-refractivity contribution in [3.8, 4) is 0 Å². The third-order valence-electron chi connectivity index (χ3n) is 3.41. The van der Waals surface area contributed by atoms with E-state index in [9.17, 15) is 4.79 Å². The summed E-state index contributed by atoms with van der Waals surface area (Å²) in [5.74, 6) is -0.169. The van der Waals surface area contributed by atoms with Crippen LogP contribution < -0.4 is 5.32 Å². The fraction of sp³-hybridized carbons (Fsp3) is 0.667. The number of hydrogen-bond acceptors (Lipinski definition) is 5. The Kier molecular flexibility index (Phi) is 2.63. The van der Waals surface area contributed by atoms with E-state index in [1.54, 1.807) is 0 Å². The summed E-state index contributed by atoms with van der Waals surface area (Å²) in [5.41, 5.74) is 0.0512. The molecule has 3 atom stereocenters. The molecule has 1 aromatic heterocycles. The lowest BCUT2D eigenvalue weighted by atomic mass is 9.96. The molecule has 1 saturated carbocycles. The first-order chi connectivity index (χ1) is 7.20. The molecular weight excluding hydrogens is 234 g/mol. The lowest BCUT2D eigenvalue weighted by Gasteiger charge is -2.10. The highest BCUT2D eigenvalue weighted by Crippen LogP contribution is 2.56. The molecule has 7 heteroatoms. The first-order valence-electron chi connectivity index (χ1n) is 4.94. The summed E-state index contributed by atoms with van der Waals surface area (Å²) in [7, 11) is 0. The van der Waals surface area contributed by atoms with Crippen LogP contribution in [0.1, 0.15) is 18.7 Å². The van der Waals surface area contributed by atoms with Crippen molar-refractivity contribution in [2.75, 3.05) is 0 Å². The average molecular weight is 246 g/mol. The van der Waals surface area contributed by atoms with Crippen LogP contribution in [0.15, 0.2) is 10.9 Å². The van der Waals surface area contributed by atoms with Crippen LogP contribution in [0, 0.1) is 5.41 Å². The van der Waals surface area contributed by atoms with Gasteiger partial charge in [-0.2, -0.15) is 4.98 Å². The third kappa shape index (κ3) is 1.68. The molecule has 0 amide bonds. The van der Waals surface area contributed by atoms with Gasteiger partial charge < -0.3 is 14.9 Å². The van der Waals surface area contributed by atoms with Gasteiger partial charge in [0.05, 0.1) is 0 Å². The number of nitrogens with one attached hydrogen (secondary N) is 1. The lowest BCUT2D eigenvalue weighted by Crippen LogP contribution is -2.33. The number of halogens is 1. The Bertz CT molecular complexity index is 397. The van der Waals surface area contributed by atoms with Gasteiger partial charge in [-0.3, -0.25) is 4.79 Å². The summed E-state index contributed by atoms with van der Waals surface area (Å²) in [6.45, 7) is 0. The number of piperidine rings is 1. The molecule has 6 nitrogen and oxygen atoms in total. The second kappa shape index (κ2) is 3.71. The number of carbonyl (C=O) groups is 1. The van der Waals surface area contributed by atoms with Crippen LogP contribution in [0.2, 0.25) is 0 Å². The van der Waals surface area contributed by atoms with Crippen molar-refractivity contribution in [3.05, 3.63) is 12.2 Å². The van der Waals surface area contributed by atoms with Gasteiger partial charge in [0.15, 0.2) is 6.33 Å². The Labute approximate surface area is 97.8 Å². The van der Waals surface area contributed by atoms with Gasteiger partial charge in [-0.05, 0) is 18.3 Å². The van der Waals surface area contributed by atoms with Crippen molar-refractivity contribution >= 4 is 18.4 Å². The number of hydrogen-bond donors (Lipinski definition) is 2. The van der Waals surface area contributed by atoms with Crippen LogP contribution in [-0.4, -0.2) is 33.3 Å². The van der Waals surface area contributed by atoms with E-state index in [0.717, 1.165) is 6.42 Å². The molecule has 16 heavy (non-hydrogen) atoms. The Morgan fingerprint density at radius 2 is 2.50 bits per heavy atom. The molecular formula is C9H12ClN3O3. The van der Waals surface area contributed by atoms with Crippen LogP contribution in [0.5, 0.6) is 0 Å². The first-order valence-corrected chi connectivity index (χ1v) is 4.94. The molecule has 0 unspecified atom stereocenters. The highest BCUT2D eigenvalue weighted by Gasteiger charge is 2.62. The van der Waals surface area contributed by atoms with Gasteiger partial charge in [0.1, 0.15) is 6.04 Å². The highest BCUT2D eigenvalue weighted by atomic mass is 35.5. The van der Waals surface area contributed by atoms with Crippen LogP contribution >= 0.6 is 12.4 Å². The molecule has 2 fully saturated rings. The Morgan fingerprint density at radius 1 is 1.69 bits per heavy atom. The normalized spacial score (nSPS) is 35.2. The maximum atomic E-state index is 10.8. The molecule has 1 aliphatic heterocycles. The van der Waals surface area contributed by atoms with Gasteiger partial charge >= 0.3 is 5.97 Å². The predicted octanol–water partition coefficient (Wildman–Crippen LogP) is 0.239. The van der Waals surface area contributed by atoms with Crippen molar-refractivity contribution in [1.82, 2.24) is 15.5 Å². The maximum Gasteiger partial charge on any atom is 0.320 e. The number of aromatic nitrogens is 2. The summed E-state index contributed by atoms with van der Waals surface area (Å²) in [5, 5.41) is 15.5. The van der Waals surface area contributed by atoms with E-state index in [1.807, 2.05) is 0 Å². The SMILES string of the molecule is Cl.O=C(O)[C@@H]1C[C@]2(Cc3ncno3)C[C@@H]2N1. The van der Waals surface area contributed by atoms with Crippen LogP contribution in [0.4, 0.5) is 0 Å². The van der Waals surface area contributed by atoms with Gasteiger partial charge in [-0.1, -0.05) is 5.16 Å². The maximum absolute atomic E-state index is 10.8. The van der Waals surface area contributed by atoms with Gasteiger partial charge in [0.25, 0.3) is 0 Å². The fourth-order valence-electron chi connectivity index (χ4n) is 2.52. The Hall–Kier alpha value is -1.14. The quantitative estimate of drug-likeness (QED) is 0.793. The Balaban J connectivity index is 0.000000963. The minimum atomic E-state index is -0.771. The molecule has 3 rings (SSSR count). The number of carboxylic acid groups (broad SMARTS) is 1. The number of aliphatic carboxylic acids is 1. The molecule has 0 aromatic carbocycles. The number of fused-ring (bicyclic) bond motifs is 1. The van der Waals surface area contributed by atoms with Crippen molar-refractivity contribution < 1.29 is 14.4 Å². The zero-order chi connectivity index (χ0) is 10.5. The van der Waals surface area contributed by atoms with Crippen molar-refractivity contribution in [2.45, 2.75) is 31.3 Å². The molecule has 1 aliphatic carbocycles. The second-order valence-corrected chi connectivity index (χ2v) is 4.39. The molecule has 1 saturated heterocycles. The van der Waals surface area contributed by atoms with E-state index < -0.39 is 12.0 Å². The van der Waals surface area contributed by atoms with Crippen molar-refractivity contribution in [3.63, 3.8) is 0 Å². The molecule has 2 aliphatic rings. The molecule has 1 aromatic rings. The van der Waals surface area contributed by atoms with Crippen molar-refractivity contribution in [1.29, 1.82) is 0 Å². The fourth-order valence-corrected chi connectivity index (χ4v) is 2.52. The summed E-state index contributed by atoms with van der Waals surface area (Å²) in [6.07, 6.45) is 3.74. The number of carboxylic acids is 1. The van der Waals surface area contributed by atoms with Crippen LogP contribution in [-0.2, 0) is 11.2 Å². The number of rotatable bonds is 3. The van der Waals surface area contributed by atoms with Crippen LogP contribution in [0.25, 0.3) is 0 Å². The van der Waals surface area contributed by atoms with E-state index in [0.29, 0.717) is 24.8 Å². The number of nitrogens with zero attached hydrogens (tertiary/aromatic N) is 2. The molecule has 0 spiro atoms. The summed E-state index contributed by atoms with van der Waals surface area (Å²) >= 11 is 0. The lowest BCUT2D eigenvalue weighted by molar-refractivity contribution is -0.139. The minimum Gasteiger partial charge on any atom is -0.480 e. The van der Waals surface area contributed by atoms with E-state index in [-0.39, 0.29) is 17.8 Å². The van der Waals surface area contributed by atoms with E-state index in [1.165, 1.54) is 6.33 Å². The van der Waals surface area contributed by atoms with E-state index in [2.05, 4.69) is 15.5 Å². The highest BCUT2D eigenvalue weighted by molar-refractivity contribution is 5.85. The van der Waals surface area contributed by atoms with E-state index >= 15 is 0 Å². The standard InChI is InChI=1S/C9H11N3O3.ClH/c13-8(14)5-1-9(2-6(9)12-5)3-7-10-4-11-15-7;/h4-6,12H,1-3H2,(H,13,14);1H/t5-,6-,9+;/m0./s1. The zero-order valence-electron chi connectivity index (χ0n) is 8.42. The van der Waals surface area contributed by atoms with Gasteiger partial charge in [-0.25, -0.2) is 0 Å². The van der Waals surface area contributed by atoms with Crippen LogP contribution in [0.3, 0.4) is 0 Å². The molecule has 0 bridgehead atoms. The third-order valence-corrected chi connectivity index (χ3v) is 3.41. The van der Waals surface area contributed by atoms with Gasteiger partial charge in [-0.15, -0.1) is 12.4 Å². The smallest absolute Gasteiger partial charge is 0.320 e. The average Bonchev–Trinajstić information content (AvgIpc) is 2.63. The second-order valence-electron chi connectivity index (χ2n) is 4.39. The Morgan fingerprint density at radius 3 is 3.06 bits per heavy atom. The predicted molar refractivity (Wildman–Crippen MR) is 55.3 cm³/mol. The van der Waals surface area contributed by atoms with Crippen molar-refractivity contribution in [2.24, 2.45) is 5.41 Å². The summed E-state index contributed by atoms with van der Waals surface area (Å²) in [4.78, 5) is 14.8. The summed E-state index contributed by atoms with van der Waals surface area (Å²) in [6, 6.07) is -0.0998.